The van der Waals surface area contributed by atoms with Crippen molar-refractivity contribution < 1.29 is 28.5 Å². The minimum Gasteiger partial charge on any atom is -0.489 e. The number of rotatable bonds is 18. The van der Waals surface area contributed by atoms with Gasteiger partial charge in [0.2, 0.25) is 0 Å². The number of hydrogen-bond donors (Lipinski definition) is 3. The summed E-state index contributed by atoms with van der Waals surface area (Å²) < 4.78 is 25.2. The molecule has 3 N–H and O–H groups in total. The van der Waals surface area contributed by atoms with Crippen LogP contribution in [0.4, 0.5) is 22.0 Å². The molecule has 1 saturated carbocycles. The molecule has 2 fully saturated rings. The van der Waals surface area contributed by atoms with Gasteiger partial charge >= 0.3 is 6.03 Å². The highest BCUT2D eigenvalue weighted by atomic mass is 79.9. The highest BCUT2D eigenvalue weighted by Crippen LogP contribution is 2.52. The molecule has 3 aliphatic rings. The summed E-state index contributed by atoms with van der Waals surface area (Å²) in [5.74, 6) is 2.02. The maximum Gasteiger partial charge on any atom is 0.325 e. The molecule has 0 spiro atoms. The van der Waals surface area contributed by atoms with E-state index >= 15 is 0 Å². The lowest BCUT2D eigenvalue weighted by Crippen LogP contribution is -2.52. The van der Waals surface area contributed by atoms with Crippen LogP contribution in [0.3, 0.4) is 0 Å². The number of nitrogens with one attached hydrogen (secondary N) is 3. The number of anilines is 3. The standard InChI is InChI=1S/C49H64BrN7O6/c1-32-10-13-36(14-11-32)47(58)57(31-49(5,6)46-39-9-7-8-38(39)40-24-33(2)12-15-42(40)53-46)18-20-61-23-22-60-19-16-56-17-21-62-37(29-56)30-63-44-25-34(3)41(50)26-43(44)54-48(59)55-45-28-51-35(4)27-52-45/h10-15,24-28,37-39,46,53H,7-9,16-23,29-31H2,1-6H3,(H2,52,54,55,59)/t37-,38?,39?,46?/m0/s1. The summed E-state index contributed by atoms with van der Waals surface area (Å²) in [5, 5.41) is 9.54. The van der Waals surface area contributed by atoms with Crippen LogP contribution in [-0.2, 0) is 14.2 Å². The molecule has 1 aliphatic carbocycles. The second kappa shape index (κ2) is 21.4. The first-order chi connectivity index (χ1) is 30.3. The van der Waals surface area contributed by atoms with Gasteiger partial charge in [-0.1, -0.05) is 71.6 Å². The van der Waals surface area contributed by atoms with Crippen LogP contribution in [0.15, 0.2) is 71.5 Å². The molecule has 7 rings (SSSR count). The number of benzene rings is 3. The molecule has 4 atom stereocenters. The van der Waals surface area contributed by atoms with Crippen molar-refractivity contribution in [3.63, 3.8) is 0 Å². The summed E-state index contributed by atoms with van der Waals surface area (Å²) in [6, 6.07) is 18.2. The molecular weight excluding hydrogens is 862 g/mol. The number of ether oxygens (including phenoxy) is 4. The summed E-state index contributed by atoms with van der Waals surface area (Å²) in [7, 11) is 0. The molecule has 4 aromatic rings. The molecule has 1 saturated heterocycles. The van der Waals surface area contributed by atoms with E-state index in [1.165, 1.54) is 42.3 Å². The maximum absolute atomic E-state index is 14.1. The summed E-state index contributed by atoms with van der Waals surface area (Å²) in [4.78, 5) is 39.6. The zero-order valence-corrected chi connectivity index (χ0v) is 39.3. The van der Waals surface area contributed by atoms with Gasteiger partial charge in [0, 0.05) is 59.9 Å². The molecule has 0 bridgehead atoms. The second-order valence-electron chi connectivity index (χ2n) is 18.0. The van der Waals surface area contributed by atoms with Gasteiger partial charge in [-0.05, 0) is 93.8 Å². The van der Waals surface area contributed by atoms with E-state index in [0.29, 0.717) is 93.9 Å². The number of aryl methyl sites for hydroxylation is 4. The van der Waals surface area contributed by atoms with E-state index < -0.39 is 6.03 Å². The van der Waals surface area contributed by atoms with Crippen molar-refractivity contribution in [3.05, 3.63) is 105 Å². The predicted octanol–water partition coefficient (Wildman–Crippen LogP) is 8.78. The molecule has 14 heteroatoms. The molecule has 0 radical (unpaired) electrons. The topological polar surface area (TPSA) is 139 Å². The second-order valence-corrected chi connectivity index (χ2v) is 18.9. The fourth-order valence-electron chi connectivity index (χ4n) is 9.22. The molecule has 1 aromatic heterocycles. The Kier molecular flexibility index (Phi) is 15.7. The Morgan fingerprint density at radius 2 is 1.71 bits per heavy atom. The fraction of sp³-hybridized carbons (Fsp3) is 0.510. The quantitative estimate of drug-likeness (QED) is 0.0831. The third-order valence-electron chi connectivity index (χ3n) is 12.5. The van der Waals surface area contributed by atoms with Gasteiger partial charge in [0.1, 0.15) is 18.5 Å². The number of morpholine rings is 1. The summed E-state index contributed by atoms with van der Waals surface area (Å²) in [6.45, 7) is 18.8. The van der Waals surface area contributed by atoms with Crippen molar-refractivity contribution in [3.8, 4) is 5.75 Å². The molecule has 3 unspecified atom stereocenters. The average Bonchev–Trinajstić information content (AvgIpc) is 3.76. The lowest BCUT2D eigenvalue weighted by atomic mass is 9.69. The first-order valence-electron chi connectivity index (χ1n) is 22.3. The van der Waals surface area contributed by atoms with Crippen molar-refractivity contribution in [2.45, 2.75) is 78.9 Å². The zero-order chi connectivity index (χ0) is 44.5. The first-order valence-corrected chi connectivity index (χ1v) is 23.1. The number of carbonyl (C=O) groups excluding carboxylic acids is 2. The number of aromatic nitrogens is 2. The van der Waals surface area contributed by atoms with E-state index in [2.05, 4.69) is 85.7 Å². The number of carbonyl (C=O) groups is 2. The number of fused-ring (bicyclic) bond motifs is 3. The van der Waals surface area contributed by atoms with Crippen LogP contribution in [0.1, 0.15) is 77.3 Å². The highest BCUT2D eigenvalue weighted by Gasteiger charge is 2.46. The van der Waals surface area contributed by atoms with Crippen LogP contribution in [0.2, 0.25) is 0 Å². The molecule has 63 heavy (non-hydrogen) atoms. The summed E-state index contributed by atoms with van der Waals surface area (Å²) in [5.41, 5.74) is 7.92. The van der Waals surface area contributed by atoms with Crippen molar-refractivity contribution in [1.82, 2.24) is 19.8 Å². The highest BCUT2D eigenvalue weighted by molar-refractivity contribution is 9.10. The van der Waals surface area contributed by atoms with Crippen LogP contribution >= 0.6 is 15.9 Å². The Hall–Kier alpha value is -4.60. The smallest absolute Gasteiger partial charge is 0.325 e. The minimum atomic E-state index is -0.454. The number of amides is 3. The zero-order valence-electron chi connectivity index (χ0n) is 37.7. The van der Waals surface area contributed by atoms with E-state index in [0.717, 1.165) is 34.4 Å². The Balaban J connectivity index is 0.852. The lowest BCUT2D eigenvalue weighted by molar-refractivity contribution is -0.0553. The predicted molar refractivity (Wildman–Crippen MR) is 251 cm³/mol. The minimum absolute atomic E-state index is 0.0352. The van der Waals surface area contributed by atoms with Crippen molar-refractivity contribution >= 4 is 45.1 Å². The van der Waals surface area contributed by atoms with Crippen molar-refractivity contribution in [1.29, 1.82) is 0 Å². The fourth-order valence-corrected chi connectivity index (χ4v) is 9.57. The average molecular weight is 927 g/mol. The van der Waals surface area contributed by atoms with E-state index in [9.17, 15) is 9.59 Å². The van der Waals surface area contributed by atoms with Crippen molar-refractivity contribution in [2.24, 2.45) is 11.3 Å². The Morgan fingerprint density at radius 3 is 2.49 bits per heavy atom. The van der Waals surface area contributed by atoms with E-state index in [4.69, 9.17) is 18.9 Å². The van der Waals surface area contributed by atoms with E-state index in [-0.39, 0.29) is 23.5 Å². The van der Waals surface area contributed by atoms with Gasteiger partial charge in [-0.2, -0.15) is 0 Å². The van der Waals surface area contributed by atoms with Crippen LogP contribution in [-0.4, -0.2) is 116 Å². The Bertz CT molecular complexity index is 2170. The molecule has 3 aromatic carbocycles. The van der Waals surface area contributed by atoms with Crippen LogP contribution in [0, 0.1) is 39.0 Å². The van der Waals surface area contributed by atoms with Gasteiger partial charge in [0.15, 0.2) is 5.82 Å². The summed E-state index contributed by atoms with van der Waals surface area (Å²) >= 11 is 3.57. The van der Waals surface area contributed by atoms with E-state index in [1.807, 2.05) is 62.1 Å². The van der Waals surface area contributed by atoms with Crippen LogP contribution in [0.25, 0.3) is 0 Å². The van der Waals surface area contributed by atoms with E-state index in [1.54, 1.807) is 6.20 Å². The number of hydrogen-bond acceptors (Lipinski definition) is 10. The Morgan fingerprint density at radius 1 is 0.937 bits per heavy atom. The number of nitrogens with zero attached hydrogens (tertiary/aromatic N) is 4. The van der Waals surface area contributed by atoms with Gasteiger partial charge < -0.3 is 34.5 Å². The first kappa shape index (κ1) is 46.4. The van der Waals surface area contributed by atoms with Gasteiger partial charge in [0.05, 0.1) is 56.8 Å². The molecule has 3 heterocycles. The maximum atomic E-state index is 14.1. The van der Waals surface area contributed by atoms with Gasteiger partial charge in [-0.15, -0.1) is 0 Å². The largest absolute Gasteiger partial charge is 0.489 e. The molecule has 338 valence electrons. The SMILES string of the molecule is Cc1ccc(C(=O)N(CCOCCOCCN2CCO[C@H](COc3cc(C)c(Br)cc3NC(=O)Nc3cnc(C)cn3)C2)CC(C)(C)C2Nc3ccc(C)cc3C3CCCC32)cc1. The number of urea groups is 1. The lowest BCUT2D eigenvalue weighted by Gasteiger charge is -2.47. The Labute approximate surface area is 381 Å². The van der Waals surface area contributed by atoms with Gasteiger partial charge in [-0.25, -0.2) is 9.78 Å². The van der Waals surface area contributed by atoms with Crippen LogP contribution < -0.4 is 20.7 Å². The molecule has 3 amide bonds. The van der Waals surface area contributed by atoms with Gasteiger partial charge in [-0.3, -0.25) is 20.0 Å². The van der Waals surface area contributed by atoms with Gasteiger partial charge in [0.25, 0.3) is 5.91 Å². The van der Waals surface area contributed by atoms with Crippen molar-refractivity contribution in [2.75, 3.05) is 88.3 Å². The van der Waals surface area contributed by atoms with Crippen LogP contribution in [0.5, 0.6) is 5.75 Å². The monoisotopic (exact) mass is 925 g/mol. The third-order valence-corrected chi connectivity index (χ3v) is 13.4. The summed E-state index contributed by atoms with van der Waals surface area (Å²) in [6.07, 6.45) is 6.62. The molecular formula is C49H64BrN7O6. The number of halogens is 1. The normalized spacial score (nSPS) is 19.7. The third kappa shape index (κ3) is 12.4. The molecule has 13 nitrogen and oxygen atoms in total. The molecule has 2 aliphatic heterocycles.